The van der Waals surface area contributed by atoms with Gasteiger partial charge in [0.25, 0.3) is 10.1 Å². The van der Waals surface area contributed by atoms with Gasteiger partial charge >= 0.3 is 0 Å². The molecule has 0 aromatic heterocycles. The fourth-order valence-corrected chi connectivity index (χ4v) is 11.8. The molecule has 0 aliphatic heterocycles. The third-order valence-electron chi connectivity index (χ3n) is 10.6. The Hall–Kier alpha value is -2.52. The maximum atomic E-state index is 9.19. The third-order valence-corrected chi connectivity index (χ3v) is 14.1. The van der Waals surface area contributed by atoms with E-state index in [2.05, 4.69) is 108 Å². The number of nitrogens with one attached hydrogen (secondary N) is 1. The maximum Gasteiger partial charge on any atom is 0.261 e. The van der Waals surface area contributed by atoms with Crippen molar-refractivity contribution in [2.24, 2.45) is 0 Å². The average Bonchev–Trinajstić information content (AvgIpc) is 3.15. The van der Waals surface area contributed by atoms with Gasteiger partial charge in [0, 0.05) is 33.0 Å². The molecule has 0 heterocycles. The molecule has 0 amide bonds. The van der Waals surface area contributed by atoms with Gasteiger partial charge in [-0.25, -0.2) is 0 Å². The van der Waals surface area contributed by atoms with Crippen LogP contribution >= 0.6 is 7.92 Å². The van der Waals surface area contributed by atoms with Crippen LogP contribution < -0.4 is 15.4 Å². The zero-order valence-corrected chi connectivity index (χ0v) is 37.9. The normalized spacial score (nSPS) is 15.5. The van der Waals surface area contributed by atoms with E-state index in [-0.39, 0.29) is 39.2 Å². The van der Waals surface area contributed by atoms with Crippen LogP contribution in [-0.2, 0) is 41.4 Å². The third kappa shape index (κ3) is 13.8. The number of hydrogen-bond donors (Lipinski definition) is 2. The van der Waals surface area contributed by atoms with Gasteiger partial charge in [-0.1, -0.05) is 142 Å². The van der Waals surface area contributed by atoms with E-state index >= 15 is 0 Å². The van der Waals surface area contributed by atoms with Crippen molar-refractivity contribution in [1.82, 2.24) is 0 Å². The first-order chi connectivity index (χ1) is 25.5. The largest absolute Gasteiger partial charge is 0.496 e. The van der Waals surface area contributed by atoms with E-state index in [1.165, 1.54) is 92.0 Å². The summed E-state index contributed by atoms with van der Waals surface area (Å²) in [6, 6.07) is 33.8. The number of rotatable bonds is 7. The Morgan fingerprint density at radius 2 is 1.25 bits per heavy atom. The molecule has 55 heavy (non-hydrogen) atoms. The first-order valence-corrected chi connectivity index (χ1v) is 23.1. The second kappa shape index (κ2) is 21.3. The van der Waals surface area contributed by atoms with Crippen molar-refractivity contribution < 1.29 is 38.1 Å². The average molecular weight is 878 g/mol. The van der Waals surface area contributed by atoms with Gasteiger partial charge in [-0.05, 0) is 87.6 Å². The second-order valence-electron chi connectivity index (χ2n) is 16.9. The minimum Gasteiger partial charge on any atom is -0.496 e. The SMILES string of the molecule is CNc1ccccc1-c1[c-]cccc1.COc1cc(C(C)(C)C)cc(C(C)(C)C)c1-c1ccccc1P(C1CCCCC1)C1CCCCC1.CS(=O)(=O)O.[Pd]. The fourth-order valence-electron chi connectivity index (χ4n) is 7.90. The molecule has 6 rings (SSSR count). The summed E-state index contributed by atoms with van der Waals surface area (Å²) in [5.41, 5.74) is 10.9. The Kier molecular flexibility index (Phi) is 18.1. The number of hydrogen-bond acceptors (Lipinski definition) is 4. The summed E-state index contributed by atoms with van der Waals surface area (Å²) in [4.78, 5) is 0. The molecule has 304 valence electrons. The minimum absolute atomic E-state index is 0. The molecule has 2 aliphatic rings. The van der Waals surface area contributed by atoms with E-state index in [9.17, 15) is 8.42 Å². The van der Waals surface area contributed by atoms with Gasteiger partial charge < -0.3 is 10.1 Å². The summed E-state index contributed by atoms with van der Waals surface area (Å²) in [6.45, 7) is 14.0. The Balaban J connectivity index is 0.000000334. The van der Waals surface area contributed by atoms with Crippen LogP contribution in [0.2, 0.25) is 0 Å². The molecular formula is C47H65NO4PPdS-. The Morgan fingerprint density at radius 3 is 1.73 bits per heavy atom. The molecule has 0 saturated heterocycles. The van der Waals surface area contributed by atoms with Crippen LogP contribution in [0.25, 0.3) is 22.3 Å². The van der Waals surface area contributed by atoms with Crippen molar-refractivity contribution in [2.45, 2.75) is 128 Å². The van der Waals surface area contributed by atoms with Crippen molar-refractivity contribution in [3.63, 3.8) is 0 Å². The number of benzene rings is 4. The van der Waals surface area contributed by atoms with Crippen molar-refractivity contribution >= 4 is 29.0 Å². The monoisotopic (exact) mass is 876 g/mol. The number of anilines is 1. The smallest absolute Gasteiger partial charge is 0.261 e. The molecule has 2 fully saturated rings. The number of para-hydroxylation sites is 1. The Morgan fingerprint density at radius 1 is 0.745 bits per heavy atom. The first kappa shape index (κ1) is 46.9. The minimum atomic E-state index is -3.67. The van der Waals surface area contributed by atoms with Crippen LogP contribution in [0.3, 0.4) is 0 Å². The molecule has 2 aliphatic carbocycles. The van der Waals surface area contributed by atoms with Crippen LogP contribution in [0.15, 0.2) is 84.9 Å². The van der Waals surface area contributed by atoms with Crippen molar-refractivity contribution in [2.75, 3.05) is 25.7 Å². The molecule has 0 unspecified atom stereocenters. The molecule has 4 aromatic rings. The zero-order valence-electron chi connectivity index (χ0n) is 34.7. The van der Waals surface area contributed by atoms with Gasteiger partial charge in [0.2, 0.25) is 0 Å². The predicted octanol–water partition coefficient (Wildman–Crippen LogP) is 12.4. The number of ether oxygens (including phenoxy) is 1. The van der Waals surface area contributed by atoms with E-state index in [1.807, 2.05) is 44.5 Å². The Bertz CT molecular complexity index is 1850. The van der Waals surface area contributed by atoms with Gasteiger partial charge in [-0.2, -0.15) is 8.42 Å². The summed E-state index contributed by atoms with van der Waals surface area (Å²) >= 11 is 0. The van der Waals surface area contributed by atoms with Gasteiger partial charge in [-0.3, -0.25) is 4.55 Å². The molecule has 0 bridgehead atoms. The summed E-state index contributed by atoms with van der Waals surface area (Å²) in [6.07, 6.45) is 15.0. The van der Waals surface area contributed by atoms with E-state index < -0.39 is 10.1 Å². The molecule has 0 radical (unpaired) electrons. The molecular weight excluding hydrogens is 812 g/mol. The molecule has 0 spiro atoms. The molecule has 2 N–H and O–H groups in total. The molecule has 4 aromatic carbocycles. The van der Waals surface area contributed by atoms with Crippen LogP contribution in [0.1, 0.15) is 117 Å². The van der Waals surface area contributed by atoms with E-state index in [0.717, 1.165) is 28.3 Å². The maximum absolute atomic E-state index is 9.19. The quantitative estimate of drug-likeness (QED) is 0.0837. The Labute approximate surface area is 349 Å². The van der Waals surface area contributed by atoms with Crippen LogP contribution in [0, 0.1) is 6.07 Å². The fraction of sp³-hybridized carbons (Fsp3) is 0.489. The summed E-state index contributed by atoms with van der Waals surface area (Å²) in [7, 11) is -0.0558. The zero-order chi connectivity index (χ0) is 39.5. The summed E-state index contributed by atoms with van der Waals surface area (Å²) in [5, 5.41) is 4.83. The number of methoxy groups -OCH3 is 1. The summed E-state index contributed by atoms with van der Waals surface area (Å²) in [5.74, 6) is 1.05. The molecule has 2 saturated carbocycles. The van der Waals surface area contributed by atoms with E-state index in [4.69, 9.17) is 9.29 Å². The molecule has 8 heteroatoms. The second-order valence-corrected chi connectivity index (χ2v) is 21.1. The molecule has 5 nitrogen and oxygen atoms in total. The van der Waals surface area contributed by atoms with Crippen molar-refractivity contribution in [3.05, 3.63) is 102 Å². The van der Waals surface area contributed by atoms with E-state index in [1.54, 1.807) is 5.30 Å². The van der Waals surface area contributed by atoms with Crippen LogP contribution in [0.4, 0.5) is 5.69 Å². The van der Waals surface area contributed by atoms with Crippen LogP contribution in [-0.4, -0.2) is 44.7 Å². The molecule has 0 atom stereocenters. The van der Waals surface area contributed by atoms with Gasteiger partial charge in [0.15, 0.2) is 0 Å². The van der Waals surface area contributed by atoms with E-state index in [0.29, 0.717) is 6.26 Å². The first-order valence-electron chi connectivity index (χ1n) is 19.8. The van der Waals surface area contributed by atoms with Crippen molar-refractivity contribution in [1.29, 1.82) is 0 Å². The van der Waals surface area contributed by atoms with Gasteiger partial charge in [0.05, 0.1) is 13.4 Å². The van der Waals surface area contributed by atoms with Gasteiger partial charge in [0.1, 0.15) is 5.75 Å². The topological polar surface area (TPSA) is 75.6 Å². The van der Waals surface area contributed by atoms with Crippen LogP contribution in [0.5, 0.6) is 5.75 Å². The summed E-state index contributed by atoms with van der Waals surface area (Å²) < 4.78 is 32.1. The predicted molar refractivity (Wildman–Crippen MR) is 234 cm³/mol. The standard InChI is InChI=1S/C33H49OP.C13H12N.CH4O3S.Pd/c1-32(2,3)24-22-28(33(4,5)6)31(29(23-24)34-7)27-20-14-15-21-30(27)35(25-16-10-8-11-17-25)26-18-12-9-13-19-26;1-14-13-10-6-5-9-12(13)11-7-3-2-4-8-11;1-5(2,3)4;/h14-15,20-23,25-26H,8-13,16-19H2,1-7H3;2-7,9-10,14H,1H3;1H3,(H,2,3,4);/q;-1;;. The van der Waals surface area contributed by atoms with Gasteiger partial charge in [-0.15, -0.1) is 35.9 Å². The van der Waals surface area contributed by atoms with Crippen molar-refractivity contribution in [3.8, 4) is 28.0 Å².